The zero-order chi connectivity index (χ0) is 23.4. The number of aryl methyl sites for hydroxylation is 1. The molecule has 0 saturated carbocycles. The van der Waals surface area contributed by atoms with Crippen LogP contribution in [0, 0.1) is 0 Å². The summed E-state index contributed by atoms with van der Waals surface area (Å²) in [5.74, 6) is 0.400. The molecule has 7 nitrogen and oxygen atoms in total. The highest BCUT2D eigenvalue weighted by atomic mass is 32.2. The van der Waals surface area contributed by atoms with Gasteiger partial charge in [-0.1, -0.05) is 32.0 Å². The number of amides is 1. The quantitative estimate of drug-likeness (QED) is 0.506. The van der Waals surface area contributed by atoms with Gasteiger partial charge in [-0.25, -0.2) is 13.1 Å². The fourth-order valence-electron chi connectivity index (χ4n) is 4.23. The Bertz CT molecular complexity index is 1210. The van der Waals surface area contributed by atoms with Gasteiger partial charge in [-0.15, -0.1) is 0 Å². The highest BCUT2D eigenvalue weighted by molar-refractivity contribution is 7.89. The van der Waals surface area contributed by atoms with E-state index in [0.717, 1.165) is 49.0 Å². The van der Waals surface area contributed by atoms with Gasteiger partial charge in [-0.3, -0.25) is 4.79 Å². The highest BCUT2D eigenvalue weighted by Crippen LogP contribution is 2.31. The maximum atomic E-state index is 13.1. The summed E-state index contributed by atoms with van der Waals surface area (Å²) in [5, 5.41) is 7.75. The Labute approximate surface area is 195 Å². The first-order valence-corrected chi connectivity index (χ1v) is 13.0. The average molecular weight is 467 g/mol. The van der Waals surface area contributed by atoms with Crippen molar-refractivity contribution in [3.63, 3.8) is 0 Å². The first kappa shape index (κ1) is 23.2. The minimum Gasteiger partial charge on any atom is -0.306 e. The minimum atomic E-state index is -3.58. The number of fused-ring (bicyclic) bond motifs is 1. The molecule has 2 aromatic carbocycles. The van der Waals surface area contributed by atoms with Crippen LogP contribution in [-0.2, 0) is 22.9 Å². The normalized spacial score (nSPS) is 13.3. The lowest BCUT2D eigenvalue weighted by atomic mass is 10.2. The second-order valence-corrected chi connectivity index (χ2v) is 10.2. The van der Waals surface area contributed by atoms with Gasteiger partial charge in [0.15, 0.2) is 0 Å². The monoisotopic (exact) mass is 466 g/mol. The molecule has 33 heavy (non-hydrogen) atoms. The topological polar surface area (TPSA) is 84.3 Å². The molecule has 0 fully saturated rings. The number of nitrogens with zero attached hydrogens (tertiary/aromatic N) is 3. The third-order valence-electron chi connectivity index (χ3n) is 5.84. The lowest BCUT2D eigenvalue weighted by Gasteiger charge is -2.21. The molecule has 1 aromatic heterocycles. The molecule has 1 amide bonds. The second-order valence-electron chi connectivity index (χ2n) is 8.26. The SMILES string of the molecule is CCCN(CCC)S(=O)(=O)c1ccc(C(=O)Nc2c3c(nn2-c2ccccc2)CCC3)cc1. The molecule has 0 atom stereocenters. The van der Waals surface area contributed by atoms with E-state index in [1.54, 1.807) is 16.8 Å². The van der Waals surface area contributed by atoms with Gasteiger partial charge in [0, 0.05) is 24.2 Å². The van der Waals surface area contributed by atoms with Crippen LogP contribution in [0.2, 0.25) is 0 Å². The minimum absolute atomic E-state index is 0.205. The molecular weight excluding hydrogens is 436 g/mol. The Morgan fingerprint density at radius 1 is 1.00 bits per heavy atom. The molecule has 1 N–H and O–H groups in total. The van der Waals surface area contributed by atoms with E-state index in [4.69, 9.17) is 5.10 Å². The highest BCUT2D eigenvalue weighted by Gasteiger charge is 2.26. The molecule has 0 spiro atoms. The van der Waals surface area contributed by atoms with Crippen LogP contribution >= 0.6 is 0 Å². The Balaban J connectivity index is 1.58. The molecule has 0 saturated heterocycles. The van der Waals surface area contributed by atoms with Gasteiger partial charge < -0.3 is 5.32 Å². The third-order valence-corrected chi connectivity index (χ3v) is 7.75. The van der Waals surface area contributed by atoms with Gasteiger partial charge in [-0.2, -0.15) is 9.40 Å². The Morgan fingerprint density at radius 2 is 1.67 bits per heavy atom. The lowest BCUT2D eigenvalue weighted by molar-refractivity contribution is 0.102. The van der Waals surface area contributed by atoms with Gasteiger partial charge in [0.1, 0.15) is 5.82 Å². The fraction of sp³-hybridized carbons (Fsp3) is 0.360. The van der Waals surface area contributed by atoms with E-state index in [9.17, 15) is 13.2 Å². The lowest BCUT2D eigenvalue weighted by Crippen LogP contribution is -2.32. The summed E-state index contributed by atoms with van der Waals surface area (Å²) in [7, 11) is -3.58. The first-order chi connectivity index (χ1) is 16.0. The van der Waals surface area contributed by atoms with E-state index < -0.39 is 10.0 Å². The van der Waals surface area contributed by atoms with Crippen LogP contribution in [0.15, 0.2) is 59.5 Å². The molecule has 4 rings (SSSR count). The van der Waals surface area contributed by atoms with Crippen molar-refractivity contribution in [1.82, 2.24) is 14.1 Å². The van der Waals surface area contributed by atoms with E-state index in [2.05, 4.69) is 5.32 Å². The molecule has 0 bridgehead atoms. The zero-order valence-corrected chi connectivity index (χ0v) is 19.9. The van der Waals surface area contributed by atoms with Gasteiger partial charge in [0.05, 0.1) is 16.3 Å². The number of aromatic nitrogens is 2. The number of benzene rings is 2. The fourth-order valence-corrected chi connectivity index (χ4v) is 5.86. The molecule has 0 unspecified atom stereocenters. The van der Waals surface area contributed by atoms with Gasteiger partial charge in [0.2, 0.25) is 10.0 Å². The van der Waals surface area contributed by atoms with Crippen LogP contribution in [0.1, 0.15) is 54.7 Å². The van der Waals surface area contributed by atoms with Crippen LogP contribution in [0.3, 0.4) is 0 Å². The molecular formula is C25H30N4O3S. The first-order valence-electron chi connectivity index (χ1n) is 11.5. The van der Waals surface area contributed by atoms with E-state index in [-0.39, 0.29) is 10.8 Å². The number of anilines is 1. The number of carbonyl (C=O) groups excluding carboxylic acids is 1. The van der Waals surface area contributed by atoms with E-state index in [1.165, 1.54) is 16.4 Å². The molecule has 8 heteroatoms. The van der Waals surface area contributed by atoms with Crippen molar-refractivity contribution in [2.45, 2.75) is 50.8 Å². The smallest absolute Gasteiger partial charge is 0.256 e. The number of carbonyl (C=O) groups is 1. The Morgan fingerprint density at radius 3 is 2.30 bits per heavy atom. The average Bonchev–Trinajstić information content (AvgIpc) is 3.42. The molecule has 1 heterocycles. The third kappa shape index (κ3) is 4.72. The van der Waals surface area contributed by atoms with E-state index >= 15 is 0 Å². The number of hydrogen-bond acceptors (Lipinski definition) is 4. The number of nitrogens with one attached hydrogen (secondary N) is 1. The summed E-state index contributed by atoms with van der Waals surface area (Å²) >= 11 is 0. The molecule has 1 aliphatic carbocycles. The summed E-state index contributed by atoms with van der Waals surface area (Å²) in [6, 6.07) is 15.9. The summed E-state index contributed by atoms with van der Waals surface area (Å²) < 4.78 is 29.3. The summed E-state index contributed by atoms with van der Waals surface area (Å²) in [4.78, 5) is 13.3. The standard InChI is InChI=1S/C25H30N4O3S/c1-3-17-28(18-4-2)33(31,32)21-15-13-19(14-16-21)25(30)26-24-22-11-8-12-23(22)27-29(24)20-9-6-5-7-10-20/h5-7,9-10,13-16H,3-4,8,11-12,17-18H2,1-2H3,(H,26,30). The number of para-hydroxylation sites is 1. The maximum Gasteiger partial charge on any atom is 0.256 e. The van der Waals surface area contributed by atoms with Crippen LogP contribution < -0.4 is 5.32 Å². The van der Waals surface area contributed by atoms with E-state index in [1.807, 2.05) is 44.2 Å². The Kier molecular flexibility index (Phi) is 6.95. The largest absolute Gasteiger partial charge is 0.306 e. The van der Waals surface area contributed by atoms with Crippen LogP contribution in [-0.4, -0.2) is 41.5 Å². The van der Waals surface area contributed by atoms with E-state index in [0.29, 0.717) is 24.5 Å². The number of rotatable bonds is 9. The van der Waals surface area contributed by atoms with Gasteiger partial charge >= 0.3 is 0 Å². The summed E-state index contributed by atoms with van der Waals surface area (Å²) in [6.07, 6.45) is 4.29. The van der Waals surface area contributed by atoms with Crippen molar-refractivity contribution < 1.29 is 13.2 Å². The zero-order valence-electron chi connectivity index (χ0n) is 19.1. The van der Waals surface area contributed by atoms with Crippen molar-refractivity contribution in [2.75, 3.05) is 18.4 Å². The van der Waals surface area contributed by atoms with Crippen LogP contribution in [0.4, 0.5) is 5.82 Å². The molecule has 0 aliphatic heterocycles. The number of hydrogen-bond donors (Lipinski definition) is 1. The van der Waals surface area contributed by atoms with Crippen molar-refractivity contribution in [2.24, 2.45) is 0 Å². The Hall–Kier alpha value is -2.97. The number of sulfonamides is 1. The van der Waals surface area contributed by atoms with Crippen molar-refractivity contribution in [3.05, 3.63) is 71.4 Å². The molecule has 1 aliphatic rings. The van der Waals surface area contributed by atoms with Crippen molar-refractivity contribution in [1.29, 1.82) is 0 Å². The predicted molar refractivity (Wildman–Crippen MR) is 129 cm³/mol. The summed E-state index contributed by atoms with van der Waals surface area (Å²) in [6.45, 7) is 4.88. The van der Waals surface area contributed by atoms with Gasteiger partial charge in [-0.05, 0) is 68.5 Å². The molecule has 0 radical (unpaired) electrons. The van der Waals surface area contributed by atoms with Crippen LogP contribution in [0.5, 0.6) is 0 Å². The predicted octanol–water partition coefficient (Wildman–Crippen LogP) is 4.42. The molecule has 3 aromatic rings. The van der Waals surface area contributed by atoms with Crippen molar-refractivity contribution >= 4 is 21.7 Å². The second kappa shape index (κ2) is 9.89. The van der Waals surface area contributed by atoms with Crippen molar-refractivity contribution in [3.8, 4) is 5.69 Å². The molecule has 174 valence electrons. The van der Waals surface area contributed by atoms with Crippen LogP contribution in [0.25, 0.3) is 5.69 Å². The maximum absolute atomic E-state index is 13.1. The summed E-state index contributed by atoms with van der Waals surface area (Å²) in [5.41, 5.74) is 3.37. The van der Waals surface area contributed by atoms with Gasteiger partial charge in [0.25, 0.3) is 5.91 Å².